The highest BCUT2D eigenvalue weighted by Crippen LogP contribution is 2.66. The average Bonchev–Trinajstić information content (AvgIpc) is 3.18. The summed E-state index contributed by atoms with van der Waals surface area (Å²) >= 11 is 0. The van der Waals surface area contributed by atoms with Crippen LogP contribution in [0.25, 0.3) is 11.0 Å². The van der Waals surface area contributed by atoms with E-state index in [0.717, 1.165) is 10.8 Å². The maximum absolute atomic E-state index is 12.2. The van der Waals surface area contributed by atoms with Crippen LogP contribution in [0.15, 0.2) is 17.1 Å². The Morgan fingerprint density at radius 2 is 1.97 bits per heavy atom. The highest BCUT2D eigenvalue weighted by atomic mass is 31.3. The molecule has 1 saturated heterocycles. The van der Waals surface area contributed by atoms with Crippen molar-refractivity contribution in [3.8, 4) is 11.8 Å². The Morgan fingerprint density at radius 1 is 1.31 bits per heavy atom. The molecule has 35 heavy (non-hydrogen) atoms. The number of H-pyrrole nitrogens is 1. The molecule has 0 bridgehead atoms. The van der Waals surface area contributed by atoms with Crippen molar-refractivity contribution in [2.75, 3.05) is 12.3 Å². The van der Waals surface area contributed by atoms with Crippen molar-refractivity contribution in [3.05, 3.63) is 22.6 Å². The summed E-state index contributed by atoms with van der Waals surface area (Å²) in [6.45, 7) is -2.39. The van der Waals surface area contributed by atoms with Gasteiger partial charge in [-0.15, -0.1) is 5.92 Å². The molecule has 194 valence electrons. The number of nitrogens with one attached hydrogen (secondary N) is 1. The first-order chi connectivity index (χ1) is 16.7. The van der Waals surface area contributed by atoms with E-state index in [1.807, 2.05) is 0 Å². The van der Waals surface area contributed by atoms with Gasteiger partial charge in [-0.05, 0) is 13.0 Å². The van der Waals surface area contributed by atoms with Crippen LogP contribution in [0.4, 0.5) is 5.95 Å². The molecule has 1 fully saturated rings. The Balaban J connectivity index is 1.99. The maximum atomic E-state index is 12.2. The molecule has 0 spiro atoms. The molecule has 0 radical (unpaired) electrons. The smallest absolute Gasteiger partial charge is 0.386 e. The third-order valence-electron chi connectivity index (χ3n) is 4.27. The van der Waals surface area contributed by atoms with Gasteiger partial charge in [0.2, 0.25) is 5.95 Å². The van der Waals surface area contributed by atoms with Crippen molar-refractivity contribution >= 4 is 40.4 Å². The van der Waals surface area contributed by atoms with Crippen LogP contribution in [0.1, 0.15) is 15.9 Å². The van der Waals surface area contributed by atoms with Crippen molar-refractivity contribution in [1.82, 2.24) is 14.5 Å². The number of rotatable bonds is 8. The van der Waals surface area contributed by atoms with Crippen molar-refractivity contribution in [3.63, 3.8) is 0 Å². The first kappa shape index (κ1) is 24.8. The van der Waals surface area contributed by atoms with E-state index in [9.17, 15) is 38.5 Å². The summed E-state index contributed by atoms with van der Waals surface area (Å²) in [5.74, 6) is 4.17. The summed E-state index contributed by atoms with van der Waals surface area (Å²) < 4.78 is 68.0. The van der Waals surface area contributed by atoms with E-state index in [0.29, 0.717) is 0 Å². The van der Waals surface area contributed by atoms with Gasteiger partial charge in [-0.25, -0.2) is 13.7 Å². The van der Waals surface area contributed by atoms with Crippen LogP contribution in [-0.4, -0.2) is 68.7 Å². The van der Waals surface area contributed by atoms with Crippen molar-refractivity contribution in [2.45, 2.75) is 31.0 Å². The predicted molar refractivity (Wildman–Crippen MR) is 113 cm³/mol. The number of phosphoric ester groups is 1. The third kappa shape index (κ3) is 6.08. The number of ether oxygens (including phenoxy) is 1. The first-order valence-corrected chi connectivity index (χ1v) is 13.4. The lowest BCUT2D eigenvalue weighted by Gasteiger charge is -2.26. The molecule has 0 aromatic carbocycles. The van der Waals surface area contributed by atoms with E-state index in [4.69, 9.17) is 23.0 Å². The molecular formula is C14H19N4O14P3. The summed E-state index contributed by atoms with van der Waals surface area (Å²) in [5.41, 5.74) is 1.99. The Hall–Kier alpha value is -1.93. The van der Waals surface area contributed by atoms with Crippen molar-refractivity contribution < 1.29 is 64.1 Å². The standard InChI is InChI=1S/C14H19N4O14P3/c1-2-4-14(21)9(19)8(6-29-34(25,26)32-35(27,28)31-33(22,23)24)30-12(14)18-5-3-7-10(18)16-13(15)17-11(7)20/h3,5,8-9,12,19,21H,6H2,1H3,(H,25,26)(H,27,28)(H2,22,23,24)(H3,15,16,17,20)/t8-,9+,12-,14?/m1/s1/i6D2. The van der Waals surface area contributed by atoms with Crippen LogP contribution in [0.2, 0.25) is 0 Å². The Bertz CT molecular complexity index is 1480. The lowest BCUT2D eigenvalue weighted by Crippen LogP contribution is -2.46. The number of hydrogen-bond donors (Lipinski definition) is 8. The minimum atomic E-state index is -6.04. The highest BCUT2D eigenvalue weighted by molar-refractivity contribution is 7.66. The summed E-state index contributed by atoms with van der Waals surface area (Å²) in [6.07, 6.45) is -5.42. The molecule has 2 aromatic heterocycles. The van der Waals surface area contributed by atoms with Crippen LogP contribution in [0.3, 0.4) is 0 Å². The molecule has 3 heterocycles. The molecule has 1 aliphatic heterocycles. The Morgan fingerprint density at radius 3 is 2.57 bits per heavy atom. The largest absolute Gasteiger partial charge is 0.490 e. The topological polar surface area (TPSA) is 286 Å². The maximum Gasteiger partial charge on any atom is 0.490 e. The van der Waals surface area contributed by atoms with Crippen LogP contribution in [0, 0.1) is 11.8 Å². The van der Waals surface area contributed by atoms with Crippen LogP contribution in [-0.2, 0) is 31.6 Å². The second kappa shape index (κ2) is 9.51. The van der Waals surface area contributed by atoms with Crippen LogP contribution >= 0.6 is 23.5 Å². The second-order valence-corrected chi connectivity index (χ2v) is 11.1. The van der Waals surface area contributed by atoms with Gasteiger partial charge in [0.15, 0.2) is 17.5 Å². The number of nitrogens with two attached hydrogens (primary N) is 1. The molecule has 18 nitrogen and oxygen atoms in total. The van der Waals surface area contributed by atoms with Gasteiger partial charge in [-0.1, -0.05) is 5.92 Å². The number of aliphatic hydroxyl groups is 2. The lowest BCUT2D eigenvalue weighted by atomic mass is 9.94. The third-order valence-corrected chi connectivity index (χ3v) is 7.93. The van der Waals surface area contributed by atoms with Gasteiger partial charge in [0.05, 0.1) is 14.7 Å². The van der Waals surface area contributed by atoms with E-state index in [-0.39, 0.29) is 17.0 Å². The number of nitrogens with zero attached hydrogens (tertiary/aromatic N) is 2. The SMILES string of the molecule is [2H]C([2H])(OP(=O)(O)OP(=O)(O)OP(=O)(O)O)[C@H]1O[C@@H](n2ccc3c(=O)[nH]c(N)nc32)C(O)(C#CC)[C@H]1O. The van der Waals surface area contributed by atoms with Gasteiger partial charge in [0, 0.05) is 6.20 Å². The molecule has 6 atom stereocenters. The summed E-state index contributed by atoms with van der Waals surface area (Å²) in [4.78, 5) is 54.4. The van der Waals surface area contributed by atoms with Crippen molar-refractivity contribution in [2.24, 2.45) is 0 Å². The molecule has 3 rings (SSSR count). The fourth-order valence-electron chi connectivity index (χ4n) is 3.06. The molecule has 2 aromatic rings. The number of aromatic amines is 1. The fraction of sp³-hybridized carbons (Fsp3) is 0.429. The number of nitrogen functional groups attached to an aromatic ring is 1. The summed E-state index contributed by atoms with van der Waals surface area (Å²) in [5, 5.41) is 21.8. The normalized spacial score (nSPS) is 29.5. The quantitative estimate of drug-likeness (QED) is 0.136. The zero-order valence-electron chi connectivity index (χ0n) is 19.1. The zero-order chi connectivity index (χ0) is 28.2. The molecule has 0 saturated carbocycles. The number of fused-ring (bicyclic) bond motifs is 1. The number of hydrogen-bond acceptors (Lipinski definition) is 12. The van der Waals surface area contributed by atoms with E-state index in [1.54, 1.807) is 0 Å². The number of phosphoric acid groups is 3. The monoisotopic (exact) mass is 562 g/mol. The average molecular weight is 562 g/mol. The zero-order valence-corrected chi connectivity index (χ0v) is 19.8. The number of anilines is 1. The highest BCUT2D eigenvalue weighted by Gasteiger charge is 2.56. The van der Waals surface area contributed by atoms with E-state index >= 15 is 0 Å². The minimum Gasteiger partial charge on any atom is -0.386 e. The van der Waals surface area contributed by atoms with Gasteiger partial charge >= 0.3 is 23.5 Å². The van der Waals surface area contributed by atoms with Gasteiger partial charge < -0.3 is 44.8 Å². The number of aliphatic hydroxyl groups excluding tert-OH is 1. The van der Waals surface area contributed by atoms with Gasteiger partial charge in [0.1, 0.15) is 12.2 Å². The Kier molecular flexibility index (Phi) is 6.72. The molecule has 0 amide bonds. The second-order valence-electron chi connectivity index (χ2n) is 6.77. The van der Waals surface area contributed by atoms with Gasteiger partial charge in [0.25, 0.3) is 5.56 Å². The van der Waals surface area contributed by atoms with Gasteiger partial charge in [-0.2, -0.15) is 13.6 Å². The molecule has 21 heteroatoms. The molecule has 1 aliphatic rings. The molecule has 0 aliphatic carbocycles. The van der Waals surface area contributed by atoms with E-state index in [2.05, 4.69) is 35.0 Å². The predicted octanol–water partition coefficient (Wildman–Crippen LogP) is -1.34. The molecule has 9 N–H and O–H groups in total. The Labute approximate surface area is 197 Å². The van der Waals surface area contributed by atoms with Crippen LogP contribution < -0.4 is 11.3 Å². The lowest BCUT2D eigenvalue weighted by molar-refractivity contribution is -0.0716. The summed E-state index contributed by atoms with van der Waals surface area (Å²) in [6, 6.07) is 1.23. The van der Waals surface area contributed by atoms with Gasteiger partial charge in [-0.3, -0.25) is 14.3 Å². The molecular weight excluding hydrogens is 541 g/mol. The molecule has 3 unspecified atom stereocenters. The van der Waals surface area contributed by atoms with Crippen LogP contribution in [0.5, 0.6) is 0 Å². The minimum absolute atomic E-state index is 0.0566. The first-order valence-electron chi connectivity index (χ1n) is 9.92. The summed E-state index contributed by atoms with van der Waals surface area (Å²) in [7, 11) is -17.7. The van der Waals surface area contributed by atoms with E-state index in [1.165, 1.54) is 13.0 Å². The number of aromatic nitrogens is 3. The fourth-order valence-corrected chi connectivity index (χ4v) is 5.94. The van der Waals surface area contributed by atoms with Crippen molar-refractivity contribution in [1.29, 1.82) is 0 Å². The van der Waals surface area contributed by atoms with E-state index < -0.39 is 59.6 Å².